The first-order valence-corrected chi connectivity index (χ1v) is 9.99. The molecule has 0 fully saturated rings. The second kappa shape index (κ2) is 7.77. The summed E-state index contributed by atoms with van der Waals surface area (Å²) in [6, 6.07) is 5.84. The van der Waals surface area contributed by atoms with Crippen molar-refractivity contribution in [2.24, 2.45) is 0 Å². The lowest BCUT2D eigenvalue weighted by atomic mass is 10.0. The highest BCUT2D eigenvalue weighted by molar-refractivity contribution is 5.77. The van der Waals surface area contributed by atoms with Crippen molar-refractivity contribution in [3.63, 3.8) is 0 Å². The van der Waals surface area contributed by atoms with Crippen molar-refractivity contribution in [2.75, 3.05) is 5.32 Å². The summed E-state index contributed by atoms with van der Waals surface area (Å²) in [6.45, 7) is 7.67. The number of nitrogens with zero attached hydrogens (tertiary/aromatic N) is 8. The summed E-state index contributed by atoms with van der Waals surface area (Å²) in [5.41, 5.74) is 1.99. The molecule has 2 N–H and O–H groups in total. The summed E-state index contributed by atoms with van der Waals surface area (Å²) in [7, 11) is 0. The Balaban J connectivity index is 1.79. The highest BCUT2D eigenvalue weighted by Gasteiger charge is 2.25. The van der Waals surface area contributed by atoms with E-state index in [4.69, 9.17) is 5.26 Å². The number of aromatic nitrogens is 7. The van der Waals surface area contributed by atoms with Gasteiger partial charge in [-0.3, -0.25) is 0 Å². The maximum Gasteiger partial charge on any atom is 0.164 e. The summed E-state index contributed by atoms with van der Waals surface area (Å²) in [5.74, 6) is 0.569. The van der Waals surface area contributed by atoms with E-state index >= 15 is 0 Å². The van der Waals surface area contributed by atoms with Gasteiger partial charge in [0.05, 0.1) is 29.8 Å². The summed E-state index contributed by atoms with van der Waals surface area (Å²) in [4.78, 5) is 8.92. The molecule has 4 heterocycles. The molecule has 4 rings (SSSR count). The van der Waals surface area contributed by atoms with Gasteiger partial charge in [-0.2, -0.15) is 15.0 Å². The molecule has 0 radical (unpaired) electrons. The lowest BCUT2D eigenvalue weighted by Gasteiger charge is -2.17. The van der Waals surface area contributed by atoms with Gasteiger partial charge >= 0.3 is 0 Å². The lowest BCUT2D eigenvalue weighted by molar-refractivity contribution is 0.0484. The molecule has 0 aliphatic heterocycles. The monoisotopic (exact) mass is 417 g/mol. The van der Waals surface area contributed by atoms with Gasteiger partial charge in [0.1, 0.15) is 23.1 Å². The molecule has 0 amide bonds. The van der Waals surface area contributed by atoms with Crippen molar-refractivity contribution in [2.45, 2.75) is 45.8 Å². The lowest BCUT2D eigenvalue weighted by Crippen LogP contribution is -2.20. The van der Waals surface area contributed by atoms with Crippen LogP contribution in [0.2, 0.25) is 0 Å². The largest absolute Gasteiger partial charge is 0.384 e. The van der Waals surface area contributed by atoms with Gasteiger partial charge in [0.25, 0.3) is 0 Å². The minimum Gasteiger partial charge on any atom is -0.384 e. The minimum atomic E-state index is -1.06. The smallest absolute Gasteiger partial charge is 0.164 e. The van der Waals surface area contributed by atoms with Crippen LogP contribution in [0.5, 0.6) is 0 Å². The molecule has 0 aliphatic rings. The number of nitrogens with one attached hydrogen (secondary N) is 1. The molecule has 10 heteroatoms. The van der Waals surface area contributed by atoms with Crippen molar-refractivity contribution in [1.29, 1.82) is 5.26 Å². The zero-order chi connectivity index (χ0) is 22.2. The van der Waals surface area contributed by atoms with Gasteiger partial charge in [0.2, 0.25) is 0 Å². The molecular weight excluding hydrogens is 394 g/mol. The van der Waals surface area contributed by atoms with E-state index in [1.807, 2.05) is 26.8 Å². The number of anilines is 1. The second-order valence-corrected chi connectivity index (χ2v) is 7.84. The van der Waals surface area contributed by atoms with Crippen LogP contribution < -0.4 is 5.32 Å². The number of hydrogen-bond acceptors (Lipinski definition) is 8. The minimum absolute atomic E-state index is 0.154. The number of nitriles is 1. The average Bonchev–Trinajstić information content (AvgIpc) is 3.40. The molecular formula is C21H23N9O. The fraction of sp³-hybridized carbons (Fsp3) is 0.333. The van der Waals surface area contributed by atoms with Gasteiger partial charge in [-0.1, -0.05) is 12.1 Å². The summed E-state index contributed by atoms with van der Waals surface area (Å²) >= 11 is 0. The predicted molar refractivity (Wildman–Crippen MR) is 115 cm³/mol. The molecule has 0 spiro atoms. The van der Waals surface area contributed by atoms with E-state index in [1.165, 1.54) is 6.20 Å². The van der Waals surface area contributed by atoms with Crippen LogP contribution in [0.25, 0.3) is 22.5 Å². The Labute approximate surface area is 179 Å². The van der Waals surface area contributed by atoms with E-state index in [0.717, 1.165) is 11.1 Å². The molecule has 158 valence electrons. The normalized spacial score (nSPS) is 13.3. The molecule has 0 aromatic carbocycles. The first-order chi connectivity index (χ1) is 14.8. The maximum absolute atomic E-state index is 10.5. The second-order valence-electron chi connectivity index (χ2n) is 7.84. The maximum atomic E-state index is 10.5. The quantitative estimate of drug-likeness (QED) is 0.490. The third kappa shape index (κ3) is 3.83. The van der Waals surface area contributed by atoms with Gasteiger partial charge in [-0.05, 0) is 33.3 Å². The predicted octanol–water partition coefficient (Wildman–Crippen LogP) is 2.71. The van der Waals surface area contributed by atoms with Crippen LogP contribution in [-0.2, 0) is 5.60 Å². The standard InChI is InChI=1S/C21H23N9O/c1-5-21(4,31)18-12-29(28-27-18)17-11-23-19(7-16(17)26-13(2)3)30-20-15(10-25-30)6-14(8-22)9-24-20/h6-7,9-13,31H,5H2,1-4H3,(H,23,26). The number of aliphatic hydroxyl groups is 1. The van der Waals surface area contributed by atoms with E-state index in [1.54, 1.807) is 40.9 Å². The van der Waals surface area contributed by atoms with E-state index in [2.05, 4.69) is 36.8 Å². The highest BCUT2D eigenvalue weighted by atomic mass is 16.3. The zero-order valence-corrected chi connectivity index (χ0v) is 17.8. The van der Waals surface area contributed by atoms with E-state index in [-0.39, 0.29) is 6.04 Å². The van der Waals surface area contributed by atoms with Gasteiger partial charge < -0.3 is 10.4 Å². The van der Waals surface area contributed by atoms with Gasteiger partial charge in [-0.25, -0.2) is 14.6 Å². The Kier molecular flexibility index (Phi) is 5.12. The average molecular weight is 417 g/mol. The number of rotatable bonds is 6. The summed E-state index contributed by atoms with van der Waals surface area (Å²) in [5, 5.41) is 36.5. The van der Waals surface area contributed by atoms with Crippen LogP contribution >= 0.6 is 0 Å². The number of hydrogen-bond donors (Lipinski definition) is 2. The van der Waals surface area contributed by atoms with E-state index < -0.39 is 5.60 Å². The fourth-order valence-electron chi connectivity index (χ4n) is 3.12. The molecule has 0 saturated heterocycles. The van der Waals surface area contributed by atoms with Crippen molar-refractivity contribution in [3.05, 3.63) is 48.2 Å². The van der Waals surface area contributed by atoms with Crippen molar-refractivity contribution in [3.8, 4) is 17.6 Å². The highest BCUT2D eigenvalue weighted by Crippen LogP contribution is 2.27. The third-order valence-corrected chi connectivity index (χ3v) is 5.05. The Morgan fingerprint density at radius 3 is 2.74 bits per heavy atom. The Bertz CT molecular complexity index is 1280. The van der Waals surface area contributed by atoms with Crippen LogP contribution in [0.3, 0.4) is 0 Å². The van der Waals surface area contributed by atoms with Gasteiger partial charge in [0.15, 0.2) is 11.5 Å². The van der Waals surface area contributed by atoms with Crippen LogP contribution in [0.4, 0.5) is 5.69 Å². The van der Waals surface area contributed by atoms with Gasteiger partial charge in [0, 0.05) is 23.7 Å². The molecule has 0 bridgehead atoms. The zero-order valence-electron chi connectivity index (χ0n) is 17.8. The van der Waals surface area contributed by atoms with Crippen LogP contribution in [0.15, 0.2) is 36.9 Å². The molecule has 0 aliphatic carbocycles. The van der Waals surface area contributed by atoms with Crippen LogP contribution in [-0.4, -0.2) is 45.9 Å². The van der Waals surface area contributed by atoms with E-state index in [9.17, 15) is 5.11 Å². The molecule has 4 aromatic heterocycles. The van der Waals surface area contributed by atoms with Gasteiger partial charge in [-0.15, -0.1) is 5.10 Å². The molecule has 4 aromatic rings. The third-order valence-electron chi connectivity index (χ3n) is 5.05. The summed E-state index contributed by atoms with van der Waals surface area (Å²) in [6.07, 6.45) is 7.08. The molecule has 10 nitrogen and oxygen atoms in total. The SMILES string of the molecule is CCC(C)(O)c1cn(-c2cnc(-n3ncc4cc(C#N)cnc43)cc2NC(C)C)nn1. The molecule has 1 unspecified atom stereocenters. The van der Waals surface area contributed by atoms with Crippen molar-refractivity contribution in [1.82, 2.24) is 34.7 Å². The first kappa shape index (κ1) is 20.4. The van der Waals surface area contributed by atoms with Crippen molar-refractivity contribution >= 4 is 16.7 Å². The Morgan fingerprint density at radius 1 is 1.23 bits per heavy atom. The number of fused-ring (bicyclic) bond motifs is 1. The van der Waals surface area contributed by atoms with E-state index in [0.29, 0.717) is 34.8 Å². The number of pyridine rings is 2. The van der Waals surface area contributed by atoms with Crippen molar-refractivity contribution < 1.29 is 5.11 Å². The molecule has 1 atom stereocenters. The Morgan fingerprint density at radius 2 is 2.03 bits per heavy atom. The Hall–Kier alpha value is -3.84. The summed E-state index contributed by atoms with van der Waals surface area (Å²) < 4.78 is 3.22. The van der Waals surface area contributed by atoms with Crippen LogP contribution in [0, 0.1) is 11.3 Å². The fourth-order valence-corrected chi connectivity index (χ4v) is 3.12. The molecule has 0 saturated carbocycles. The first-order valence-electron chi connectivity index (χ1n) is 9.99. The molecule has 31 heavy (non-hydrogen) atoms. The topological polar surface area (TPSA) is 130 Å². The van der Waals surface area contributed by atoms with Crippen LogP contribution in [0.1, 0.15) is 45.4 Å².